The average Bonchev–Trinajstić information content (AvgIpc) is 2.57. The summed E-state index contributed by atoms with van der Waals surface area (Å²) in [5.41, 5.74) is 4.68. The summed E-state index contributed by atoms with van der Waals surface area (Å²) in [7, 11) is 0. The molecule has 27 heavy (non-hydrogen) atoms. The van der Waals surface area contributed by atoms with Crippen LogP contribution in [0.2, 0.25) is 0 Å². The molecule has 1 aliphatic rings. The lowest BCUT2D eigenvalue weighted by atomic mass is 10.1. The third-order valence-electron chi connectivity index (χ3n) is 4.04. The van der Waals surface area contributed by atoms with Gasteiger partial charge in [-0.05, 0) is 42.5 Å². The number of primary amides is 1. The lowest BCUT2D eigenvalue weighted by molar-refractivity contribution is -0.137. The minimum absolute atomic E-state index is 0.176. The van der Waals surface area contributed by atoms with Crippen molar-refractivity contribution in [2.24, 2.45) is 5.73 Å². The standard InChI is InChI=1S/C18H16F3N3O3/c19-18(20,21)12-4-6-14(7-5-12)27-15-3-1-2-11(8-15)16(25)23-13-9-24(10-13)17(22)26/h1-8,13H,9-10H2,(H2,22,26)(H,23,25). The molecule has 0 unspecified atom stereocenters. The number of rotatable bonds is 4. The molecule has 0 aromatic heterocycles. The third-order valence-corrected chi connectivity index (χ3v) is 4.04. The number of amides is 3. The Morgan fingerprint density at radius 3 is 2.33 bits per heavy atom. The van der Waals surface area contributed by atoms with Gasteiger partial charge < -0.3 is 20.7 Å². The van der Waals surface area contributed by atoms with Crippen LogP contribution in [0.25, 0.3) is 0 Å². The molecule has 1 heterocycles. The molecule has 2 aromatic carbocycles. The van der Waals surface area contributed by atoms with Crippen LogP contribution in [0.15, 0.2) is 48.5 Å². The van der Waals surface area contributed by atoms with E-state index in [-0.39, 0.29) is 17.7 Å². The van der Waals surface area contributed by atoms with E-state index in [4.69, 9.17) is 10.5 Å². The van der Waals surface area contributed by atoms with E-state index < -0.39 is 17.8 Å². The molecule has 1 fully saturated rings. The summed E-state index contributed by atoms with van der Waals surface area (Å²) in [6.07, 6.45) is -4.41. The molecule has 3 rings (SSSR count). The number of alkyl halides is 3. The second kappa shape index (κ2) is 7.18. The predicted octanol–water partition coefficient (Wildman–Crippen LogP) is 2.99. The summed E-state index contributed by atoms with van der Waals surface area (Å²) in [6.45, 7) is 0.700. The first-order valence-corrected chi connectivity index (χ1v) is 8.03. The fraction of sp³-hybridized carbons (Fsp3) is 0.222. The maximum Gasteiger partial charge on any atom is 0.416 e. The lowest BCUT2D eigenvalue weighted by Crippen LogP contribution is -2.62. The lowest BCUT2D eigenvalue weighted by Gasteiger charge is -2.38. The Morgan fingerprint density at radius 1 is 1.07 bits per heavy atom. The van der Waals surface area contributed by atoms with Crippen LogP contribution in [0.4, 0.5) is 18.0 Å². The van der Waals surface area contributed by atoms with E-state index in [2.05, 4.69) is 5.32 Å². The molecule has 1 aliphatic heterocycles. The molecule has 2 aromatic rings. The van der Waals surface area contributed by atoms with Gasteiger partial charge in [0.2, 0.25) is 0 Å². The smallest absolute Gasteiger partial charge is 0.416 e. The highest BCUT2D eigenvalue weighted by atomic mass is 19.4. The quantitative estimate of drug-likeness (QED) is 0.857. The summed E-state index contributed by atoms with van der Waals surface area (Å²) in [4.78, 5) is 24.6. The number of nitrogens with one attached hydrogen (secondary N) is 1. The second-order valence-electron chi connectivity index (χ2n) is 6.07. The molecule has 0 bridgehead atoms. The van der Waals surface area contributed by atoms with Crippen LogP contribution < -0.4 is 15.8 Å². The van der Waals surface area contributed by atoms with E-state index in [1.54, 1.807) is 18.2 Å². The molecule has 3 amide bonds. The van der Waals surface area contributed by atoms with Gasteiger partial charge in [0, 0.05) is 18.7 Å². The van der Waals surface area contributed by atoms with Gasteiger partial charge in [-0.15, -0.1) is 0 Å². The normalized spacial score (nSPS) is 14.4. The summed E-state index contributed by atoms with van der Waals surface area (Å²) < 4.78 is 43.3. The first kappa shape index (κ1) is 18.6. The van der Waals surface area contributed by atoms with Gasteiger partial charge in [0.25, 0.3) is 5.91 Å². The van der Waals surface area contributed by atoms with Crippen molar-refractivity contribution in [3.63, 3.8) is 0 Å². The van der Waals surface area contributed by atoms with Crippen molar-refractivity contribution in [3.8, 4) is 11.5 Å². The molecule has 0 spiro atoms. The van der Waals surface area contributed by atoms with Crippen molar-refractivity contribution >= 4 is 11.9 Å². The number of hydrogen-bond acceptors (Lipinski definition) is 3. The van der Waals surface area contributed by atoms with E-state index in [0.29, 0.717) is 24.4 Å². The van der Waals surface area contributed by atoms with Gasteiger partial charge >= 0.3 is 12.2 Å². The Balaban J connectivity index is 1.62. The SMILES string of the molecule is NC(=O)N1CC(NC(=O)c2cccc(Oc3ccc(C(F)(F)F)cc3)c2)C1. The predicted molar refractivity (Wildman–Crippen MR) is 90.4 cm³/mol. The number of nitrogens with two attached hydrogens (primary N) is 1. The number of hydrogen-bond donors (Lipinski definition) is 2. The molecule has 0 saturated carbocycles. The summed E-state index contributed by atoms with van der Waals surface area (Å²) in [6, 6.07) is 9.82. The van der Waals surface area contributed by atoms with Crippen molar-refractivity contribution in [1.82, 2.24) is 10.2 Å². The van der Waals surface area contributed by atoms with E-state index in [0.717, 1.165) is 12.1 Å². The minimum atomic E-state index is -4.41. The number of carbonyl (C=O) groups excluding carboxylic acids is 2. The number of benzene rings is 2. The van der Waals surface area contributed by atoms with Crippen LogP contribution in [0, 0.1) is 0 Å². The molecular formula is C18H16F3N3O3. The zero-order chi connectivity index (χ0) is 19.6. The zero-order valence-corrected chi connectivity index (χ0v) is 14.0. The maximum absolute atomic E-state index is 12.6. The number of halogens is 3. The van der Waals surface area contributed by atoms with Crippen LogP contribution in [-0.2, 0) is 6.18 Å². The summed E-state index contributed by atoms with van der Waals surface area (Å²) in [5, 5.41) is 2.76. The van der Waals surface area contributed by atoms with E-state index in [1.165, 1.54) is 23.1 Å². The second-order valence-corrected chi connectivity index (χ2v) is 6.07. The first-order chi connectivity index (χ1) is 12.7. The Labute approximate surface area is 152 Å². The maximum atomic E-state index is 12.6. The minimum Gasteiger partial charge on any atom is -0.457 e. The molecule has 6 nitrogen and oxygen atoms in total. The van der Waals surface area contributed by atoms with Crippen LogP contribution in [-0.4, -0.2) is 36.0 Å². The average molecular weight is 379 g/mol. The fourth-order valence-corrected chi connectivity index (χ4v) is 2.57. The summed E-state index contributed by atoms with van der Waals surface area (Å²) in [5.74, 6) is 0.188. The van der Waals surface area contributed by atoms with Gasteiger partial charge in [0.15, 0.2) is 0 Å². The van der Waals surface area contributed by atoms with Crippen molar-refractivity contribution < 1.29 is 27.5 Å². The number of ether oxygens (including phenoxy) is 1. The van der Waals surface area contributed by atoms with Crippen LogP contribution >= 0.6 is 0 Å². The van der Waals surface area contributed by atoms with Crippen LogP contribution in [0.1, 0.15) is 15.9 Å². The van der Waals surface area contributed by atoms with Gasteiger partial charge in [-0.1, -0.05) is 6.07 Å². The van der Waals surface area contributed by atoms with Gasteiger partial charge in [-0.25, -0.2) is 4.79 Å². The highest BCUT2D eigenvalue weighted by Gasteiger charge is 2.31. The van der Waals surface area contributed by atoms with Crippen molar-refractivity contribution in [2.75, 3.05) is 13.1 Å². The molecule has 3 N–H and O–H groups in total. The monoisotopic (exact) mass is 379 g/mol. The molecule has 0 aliphatic carbocycles. The largest absolute Gasteiger partial charge is 0.457 e. The van der Waals surface area contributed by atoms with Gasteiger partial charge in [0.05, 0.1) is 11.6 Å². The molecule has 9 heteroatoms. The van der Waals surface area contributed by atoms with Gasteiger partial charge in [-0.3, -0.25) is 4.79 Å². The summed E-state index contributed by atoms with van der Waals surface area (Å²) >= 11 is 0. The van der Waals surface area contributed by atoms with Crippen molar-refractivity contribution in [3.05, 3.63) is 59.7 Å². The topological polar surface area (TPSA) is 84.7 Å². The number of carbonyl (C=O) groups is 2. The number of likely N-dealkylation sites (tertiary alicyclic amines) is 1. The number of urea groups is 1. The van der Waals surface area contributed by atoms with E-state index in [1.807, 2.05) is 0 Å². The molecule has 1 saturated heterocycles. The van der Waals surface area contributed by atoms with Crippen LogP contribution in [0.5, 0.6) is 11.5 Å². The van der Waals surface area contributed by atoms with E-state index >= 15 is 0 Å². The molecule has 0 radical (unpaired) electrons. The van der Waals surface area contributed by atoms with Gasteiger partial charge in [-0.2, -0.15) is 13.2 Å². The van der Waals surface area contributed by atoms with Crippen molar-refractivity contribution in [1.29, 1.82) is 0 Å². The Bertz CT molecular complexity index is 847. The fourth-order valence-electron chi connectivity index (χ4n) is 2.57. The van der Waals surface area contributed by atoms with Crippen molar-refractivity contribution in [2.45, 2.75) is 12.2 Å². The van der Waals surface area contributed by atoms with Gasteiger partial charge in [0.1, 0.15) is 11.5 Å². The highest BCUT2D eigenvalue weighted by molar-refractivity contribution is 5.95. The Hall–Kier alpha value is -3.23. The third kappa shape index (κ3) is 4.49. The first-order valence-electron chi connectivity index (χ1n) is 8.03. The Morgan fingerprint density at radius 2 is 1.74 bits per heavy atom. The van der Waals surface area contributed by atoms with E-state index in [9.17, 15) is 22.8 Å². The zero-order valence-electron chi connectivity index (χ0n) is 14.0. The molecule has 142 valence electrons. The number of nitrogens with zero attached hydrogens (tertiary/aromatic N) is 1. The van der Waals surface area contributed by atoms with Crippen LogP contribution in [0.3, 0.4) is 0 Å². The Kier molecular flexibility index (Phi) is 4.93. The molecule has 0 atom stereocenters. The highest BCUT2D eigenvalue weighted by Crippen LogP contribution is 2.31. The molecular weight excluding hydrogens is 363 g/mol.